The van der Waals surface area contributed by atoms with Gasteiger partial charge in [-0.05, 0) is 37.9 Å². The number of nitrogens with zero attached hydrogens (tertiary/aromatic N) is 2. The summed E-state index contributed by atoms with van der Waals surface area (Å²) in [6, 6.07) is 1.24. The molecule has 0 spiro atoms. The van der Waals surface area contributed by atoms with E-state index in [0.29, 0.717) is 9.35 Å². The molecule has 1 fully saturated rings. The Hall–Kier alpha value is -0.730. The van der Waals surface area contributed by atoms with Crippen molar-refractivity contribution in [3.05, 3.63) is 19.2 Å². The van der Waals surface area contributed by atoms with Gasteiger partial charge in [-0.2, -0.15) is 0 Å². The standard InChI is InChI=1S/C10H8Br2N2O3S/c1-13-4-8(16)14(10(13)17)3-6(15)5-2-7(11)18-9(5)12/h2H,3-4H2,1H3. The number of carbonyl (C=O) groups excluding carboxylic acids is 3. The maximum Gasteiger partial charge on any atom is 0.327 e. The highest BCUT2D eigenvalue weighted by Gasteiger charge is 2.35. The van der Waals surface area contributed by atoms with Gasteiger partial charge in [0.05, 0.1) is 14.1 Å². The van der Waals surface area contributed by atoms with Gasteiger partial charge in [-0.25, -0.2) is 4.79 Å². The number of urea groups is 1. The molecular formula is C10H8Br2N2O3S. The molecule has 8 heteroatoms. The minimum Gasteiger partial charge on any atom is -0.318 e. The van der Waals surface area contributed by atoms with E-state index in [9.17, 15) is 14.4 Å². The summed E-state index contributed by atoms with van der Waals surface area (Å²) in [7, 11) is 1.53. The Morgan fingerprint density at radius 1 is 1.44 bits per heavy atom. The van der Waals surface area contributed by atoms with Crippen molar-refractivity contribution in [1.29, 1.82) is 0 Å². The van der Waals surface area contributed by atoms with Gasteiger partial charge in [0, 0.05) is 12.6 Å². The van der Waals surface area contributed by atoms with Gasteiger partial charge in [0.2, 0.25) is 0 Å². The lowest BCUT2D eigenvalue weighted by Crippen LogP contribution is -2.36. The van der Waals surface area contributed by atoms with Crippen LogP contribution in [0.2, 0.25) is 0 Å². The van der Waals surface area contributed by atoms with E-state index in [1.165, 1.54) is 23.3 Å². The van der Waals surface area contributed by atoms with Crippen molar-refractivity contribution in [2.75, 3.05) is 20.1 Å². The third-order valence-corrected chi connectivity index (χ3v) is 4.83. The summed E-state index contributed by atoms with van der Waals surface area (Å²) in [6.45, 7) is -0.190. The fraction of sp³-hybridized carbons (Fsp3) is 0.300. The van der Waals surface area contributed by atoms with E-state index in [1.54, 1.807) is 6.07 Å². The highest BCUT2D eigenvalue weighted by Crippen LogP contribution is 2.32. The van der Waals surface area contributed by atoms with Crippen LogP contribution in [-0.4, -0.2) is 47.7 Å². The van der Waals surface area contributed by atoms with Gasteiger partial charge in [-0.3, -0.25) is 14.5 Å². The molecule has 0 atom stereocenters. The Morgan fingerprint density at radius 2 is 2.11 bits per heavy atom. The Kier molecular flexibility index (Phi) is 3.88. The van der Waals surface area contributed by atoms with Crippen molar-refractivity contribution in [3.8, 4) is 0 Å². The molecular weight excluding hydrogens is 388 g/mol. The van der Waals surface area contributed by atoms with Crippen LogP contribution in [0.4, 0.5) is 4.79 Å². The molecule has 0 saturated carbocycles. The van der Waals surface area contributed by atoms with Crippen LogP contribution < -0.4 is 0 Å². The molecule has 2 rings (SSSR count). The predicted molar refractivity (Wildman–Crippen MR) is 73.8 cm³/mol. The van der Waals surface area contributed by atoms with Crippen LogP contribution in [0.5, 0.6) is 0 Å². The summed E-state index contributed by atoms with van der Waals surface area (Å²) in [5.74, 6) is -0.609. The maximum absolute atomic E-state index is 12.0. The van der Waals surface area contributed by atoms with E-state index >= 15 is 0 Å². The molecule has 3 amide bonds. The molecule has 1 aliphatic rings. The zero-order valence-electron chi connectivity index (χ0n) is 9.27. The van der Waals surface area contributed by atoms with Crippen molar-refractivity contribution < 1.29 is 14.4 Å². The molecule has 5 nitrogen and oxygen atoms in total. The van der Waals surface area contributed by atoms with Gasteiger partial charge in [0.15, 0.2) is 5.78 Å². The van der Waals surface area contributed by atoms with Gasteiger partial charge in [-0.15, -0.1) is 11.3 Å². The van der Waals surface area contributed by atoms with Crippen LogP contribution in [0.3, 0.4) is 0 Å². The number of amides is 3. The number of rotatable bonds is 3. The van der Waals surface area contributed by atoms with Gasteiger partial charge in [0.1, 0.15) is 6.54 Å². The first-order chi connectivity index (χ1) is 8.40. The Balaban J connectivity index is 2.15. The molecule has 0 unspecified atom stereocenters. The van der Waals surface area contributed by atoms with Gasteiger partial charge in [-0.1, -0.05) is 0 Å². The molecule has 0 radical (unpaired) electrons. The molecule has 0 aromatic carbocycles. The lowest BCUT2D eigenvalue weighted by atomic mass is 10.2. The van der Waals surface area contributed by atoms with Crippen LogP contribution >= 0.6 is 43.2 Å². The van der Waals surface area contributed by atoms with E-state index in [4.69, 9.17) is 0 Å². The van der Waals surface area contributed by atoms with E-state index in [-0.39, 0.29) is 24.8 Å². The Labute approximate surface area is 124 Å². The number of thiophene rings is 1. The molecule has 1 aromatic heterocycles. The molecule has 0 bridgehead atoms. The van der Waals surface area contributed by atoms with Crippen molar-refractivity contribution in [1.82, 2.24) is 9.80 Å². The van der Waals surface area contributed by atoms with E-state index in [0.717, 1.165) is 8.69 Å². The van der Waals surface area contributed by atoms with Crippen molar-refractivity contribution >= 4 is 60.9 Å². The Bertz CT molecular complexity index is 543. The second-order valence-corrected chi connectivity index (χ2v) is 7.53. The summed E-state index contributed by atoms with van der Waals surface area (Å²) >= 11 is 7.93. The number of halogens is 2. The lowest BCUT2D eigenvalue weighted by molar-refractivity contribution is -0.125. The van der Waals surface area contributed by atoms with Gasteiger partial charge in [0.25, 0.3) is 5.91 Å². The monoisotopic (exact) mass is 394 g/mol. The number of likely N-dealkylation sites (N-methyl/N-ethyl adjacent to an activating group) is 1. The average molecular weight is 396 g/mol. The Morgan fingerprint density at radius 3 is 2.56 bits per heavy atom. The van der Waals surface area contributed by atoms with Crippen molar-refractivity contribution in [3.63, 3.8) is 0 Å². The summed E-state index contributed by atoms with van der Waals surface area (Å²) in [4.78, 5) is 37.5. The molecule has 18 heavy (non-hydrogen) atoms. The smallest absolute Gasteiger partial charge is 0.318 e. The van der Waals surface area contributed by atoms with E-state index in [2.05, 4.69) is 31.9 Å². The summed E-state index contributed by atoms with van der Waals surface area (Å²) < 4.78 is 1.50. The first-order valence-electron chi connectivity index (χ1n) is 4.93. The molecule has 1 aromatic rings. The number of Topliss-reactive ketones (excluding diaryl/α,β-unsaturated/α-hetero) is 1. The number of hydrogen-bond donors (Lipinski definition) is 0. The summed E-state index contributed by atoms with van der Waals surface area (Å²) in [5.41, 5.74) is 0.474. The van der Waals surface area contributed by atoms with Crippen LogP contribution in [-0.2, 0) is 4.79 Å². The molecule has 2 heterocycles. The number of carbonyl (C=O) groups is 3. The van der Waals surface area contributed by atoms with Crippen LogP contribution in [0.1, 0.15) is 10.4 Å². The number of hydrogen-bond acceptors (Lipinski definition) is 4. The van der Waals surface area contributed by atoms with E-state index < -0.39 is 6.03 Å². The quantitative estimate of drug-likeness (QED) is 0.583. The SMILES string of the molecule is CN1CC(=O)N(CC(=O)c2cc(Br)sc2Br)C1=O. The topological polar surface area (TPSA) is 57.7 Å². The average Bonchev–Trinajstić information content (AvgIpc) is 2.73. The zero-order valence-corrected chi connectivity index (χ0v) is 13.3. The van der Waals surface area contributed by atoms with Crippen LogP contribution in [0, 0.1) is 0 Å². The minimum atomic E-state index is -0.432. The number of ketones is 1. The first-order valence-corrected chi connectivity index (χ1v) is 7.34. The minimum absolute atomic E-state index is 0.0284. The third-order valence-electron chi connectivity index (χ3n) is 2.49. The predicted octanol–water partition coefficient (Wildman–Crippen LogP) is 2.35. The van der Waals surface area contributed by atoms with Crippen molar-refractivity contribution in [2.45, 2.75) is 0 Å². The van der Waals surface area contributed by atoms with Crippen molar-refractivity contribution in [2.24, 2.45) is 0 Å². The van der Waals surface area contributed by atoms with Crippen LogP contribution in [0.25, 0.3) is 0 Å². The lowest BCUT2D eigenvalue weighted by Gasteiger charge is -2.12. The van der Waals surface area contributed by atoms with Gasteiger partial charge >= 0.3 is 6.03 Å². The van der Waals surface area contributed by atoms with Crippen LogP contribution in [0.15, 0.2) is 13.6 Å². The molecule has 0 N–H and O–H groups in total. The fourth-order valence-electron chi connectivity index (χ4n) is 1.58. The number of imide groups is 1. The largest absolute Gasteiger partial charge is 0.327 e. The second-order valence-electron chi connectivity index (χ2n) is 3.78. The molecule has 96 valence electrons. The molecule has 1 aliphatic heterocycles. The first kappa shape index (κ1) is 13.7. The molecule has 1 saturated heterocycles. The maximum atomic E-state index is 12.0. The second kappa shape index (κ2) is 5.10. The summed E-state index contributed by atoms with van der Waals surface area (Å²) in [6.07, 6.45) is 0. The highest BCUT2D eigenvalue weighted by molar-refractivity contribution is 9.12. The fourth-order valence-corrected chi connectivity index (χ4v) is 4.44. The van der Waals surface area contributed by atoms with Gasteiger partial charge < -0.3 is 4.90 Å². The normalized spacial score (nSPS) is 15.7. The molecule has 0 aliphatic carbocycles. The summed E-state index contributed by atoms with van der Waals surface area (Å²) in [5, 5.41) is 0. The zero-order chi connectivity index (χ0) is 13.4. The third kappa shape index (κ3) is 2.50. The highest BCUT2D eigenvalue weighted by atomic mass is 79.9. The van der Waals surface area contributed by atoms with E-state index in [1.807, 2.05) is 0 Å².